The van der Waals surface area contributed by atoms with Crippen molar-refractivity contribution in [2.24, 2.45) is 11.8 Å². The highest BCUT2D eigenvalue weighted by molar-refractivity contribution is 9.10. The van der Waals surface area contributed by atoms with Gasteiger partial charge in [-0.05, 0) is 42.0 Å². The molecule has 2 amide bonds. The summed E-state index contributed by atoms with van der Waals surface area (Å²) in [6.07, 6.45) is 3.85. The van der Waals surface area contributed by atoms with Gasteiger partial charge >= 0.3 is 0 Å². The molecule has 0 saturated carbocycles. The Hall–Kier alpha value is -3.62. The second-order valence-corrected chi connectivity index (χ2v) is 11.0. The van der Waals surface area contributed by atoms with Gasteiger partial charge in [-0.3, -0.25) is 14.4 Å². The first-order valence-corrected chi connectivity index (χ1v) is 13.4. The number of carbonyl (C=O) groups excluding carboxylic acids is 3. The Bertz CT molecular complexity index is 1560. The fraction of sp³-hybridized carbons (Fsp3) is 0.207. The van der Waals surface area contributed by atoms with E-state index in [-0.39, 0.29) is 11.7 Å². The first kappa shape index (κ1) is 23.5. The summed E-state index contributed by atoms with van der Waals surface area (Å²) in [7, 11) is 0. The summed E-state index contributed by atoms with van der Waals surface area (Å²) in [5, 5.41) is 0.514. The van der Waals surface area contributed by atoms with E-state index in [1.807, 2.05) is 23.1 Å². The van der Waals surface area contributed by atoms with Crippen LogP contribution < -0.4 is 19.3 Å². The number of benzene rings is 3. The summed E-state index contributed by atoms with van der Waals surface area (Å²) in [4.78, 5) is 45.3. The number of fused-ring (bicyclic) bond motifs is 6. The molecular weight excluding hydrogens is 572 g/mol. The number of carbonyl (C=O) groups is 3. The fourth-order valence-electron chi connectivity index (χ4n) is 6.04. The third-order valence-corrected chi connectivity index (χ3v) is 8.42. The molecule has 0 radical (unpaired) electrons. The van der Waals surface area contributed by atoms with E-state index in [4.69, 9.17) is 21.1 Å². The monoisotopic (exact) mass is 590 g/mol. The Morgan fingerprint density at radius 2 is 1.63 bits per heavy atom. The van der Waals surface area contributed by atoms with Crippen molar-refractivity contribution in [1.82, 2.24) is 0 Å². The van der Waals surface area contributed by atoms with E-state index in [9.17, 15) is 14.4 Å². The fourth-order valence-corrected chi connectivity index (χ4v) is 6.47. The van der Waals surface area contributed by atoms with Crippen LogP contribution in [0.25, 0.3) is 6.08 Å². The van der Waals surface area contributed by atoms with Crippen molar-refractivity contribution < 1.29 is 23.9 Å². The van der Waals surface area contributed by atoms with Crippen LogP contribution in [-0.2, 0) is 9.59 Å². The van der Waals surface area contributed by atoms with Crippen LogP contribution in [0.4, 0.5) is 11.4 Å². The molecule has 190 valence electrons. The Morgan fingerprint density at radius 1 is 0.895 bits per heavy atom. The van der Waals surface area contributed by atoms with Crippen molar-refractivity contribution in [1.29, 1.82) is 0 Å². The molecular formula is C29H20BrClN2O5. The van der Waals surface area contributed by atoms with E-state index in [1.165, 1.54) is 4.90 Å². The van der Waals surface area contributed by atoms with Gasteiger partial charge in [0.05, 0.1) is 23.6 Å². The topological polar surface area (TPSA) is 76.1 Å². The van der Waals surface area contributed by atoms with Gasteiger partial charge < -0.3 is 14.4 Å². The van der Waals surface area contributed by atoms with Gasteiger partial charge in [0.15, 0.2) is 17.3 Å². The summed E-state index contributed by atoms with van der Waals surface area (Å²) < 4.78 is 12.1. The van der Waals surface area contributed by atoms with E-state index in [0.29, 0.717) is 41.0 Å². The van der Waals surface area contributed by atoms with Crippen LogP contribution >= 0.6 is 27.5 Å². The van der Waals surface area contributed by atoms with Crippen LogP contribution in [0, 0.1) is 11.8 Å². The van der Waals surface area contributed by atoms with Crippen LogP contribution in [-0.4, -0.2) is 42.9 Å². The Labute approximate surface area is 231 Å². The zero-order valence-corrected chi connectivity index (χ0v) is 22.2. The van der Waals surface area contributed by atoms with Gasteiger partial charge in [-0.2, -0.15) is 0 Å². The molecule has 4 atom stereocenters. The molecule has 0 N–H and O–H groups in total. The minimum Gasteiger partial charge on any atom is -0.486 e. The molecule has 3 aromatic rings. The van der Waals surface area contributed by atoms with Crippen molar-refractivity contribution >= 4 is 62.6 Å². The van der Waals surface area contributed by atoms with E-state index in [1.54, 1.807) is 54.6 Å². The van der Waals surface area contributed by atoms with Gasteiger partial charge in [0, 0.05) is 26.8 Å². The number of hydrogen-bond acceptors (Lipinski definition) is 6. The minimum atomic E-state index is -0.882. The Balaban J connectivity index is 1.35. The lowest BCUT2D eigenvalue weighted by Crippen LogP contribution is -2.48. The molecule has 9 heteroatoms. The molecule has 0 aromatic heterocycles. The molecule has 0 aliphatic carbocycles. The number of nitrogens with zero attached hydrogens (tertiary/aromatic N) is 2. The Kier molecular flexibility index (Phi) is 5.39. The van der Waals surface area contributed by atoms with E-state index < -0.39 is 29.8 Å². The maximum atomic E-state index is 14.1. The van der Waals surface area contributed by atoms with Crippen molar-refractivity contribution in [2.45, 2.75) is 12.1 Å². The lowest BCUT2D eigenvalue weighted by Gasteiger charge is -2.36. The largest absolute Gasteiger partial charge is 0.486 e. The highest BCUT2D eigenvalue weighted by Crippen LogP contribution is 2.50. The van der Waals surface area contributed by atoms with Crippen LogP contribution in [0.1, 0.15) is 15.9 Å². The van der Waals surface area contributed by atoms with Crippen molar-refractivity contribution in [3.8, 4) is 11.5 Å². The van der Waals surface area contributed by atoms with Crippen molar-refractivity contribution in [2.75, 3.05) is 23.0 Å². The number of rotatable bonds is 3. The molecule has 4 aliphatic rings. The summed E-state index contributed by atoms with van der Waals surface area (Å²) in [5.41, 5.74) is 2.49. The predicted molar refractivity (Wildman–Crippen MR) is 146 cm³/mol. The normalized spacial score (nSPS) is 24.8. The molecule has 4 heterocycles. The average Bonchev–Trinajstić information content (AvgIpc) is 3.41. The smallest absolute Gasteiger partial charge is 0.240 e. The lowest BCUT2D eigenvalue weighted by atomic mass is 9.86. The number of halogens is 2. The summed E-state index contributed by atoms with van der Waals surface area (Å²) in [6.45, 7) is 0.824. The number of amides is 2. The first-order chi connectivity index (χ1) is 18.4. The van der Waals surface area contributed by atoms with E-state index in [2.05, 4.69) is 15.9 Å². The van der Waals surface area contributed by atoms with Gasteiger partial charge in [-0.25, -0.2) is 4.90 Å². The first-order valence-electron chi connectivity index (χ1n) is 12.3. The molecule has 2 saturated heterocycles. The maximum Gasteiger partial charge on any atom is 0.240 e. The third-order valence-electron chi connectivity index (χ3n) is 7.65. The average molecular weight is 592 g/mol. The van der Waals surface area contributed by atoms with Gasteiger partial charge in [-0.15, -0.1) is 0 Å². The van der Waals surface area contributed by atoms with Crippen LogP contribution in [0.3, 0.4) is 0 Å². The molecule has 0 spiro atoms. The molecule has 4 unspecified atom stereocenters. The number of anilines is 2. The zero-order chi connectivity index (χ0) is 26.1. The zero-order valence-electron chi connectivity index (χ0n) is 19.8. The van der Waals surface area contributed by atoms with Gasteiger partial charge in [0.25, 0.3) is 0 Å². The SMILES string of the molecule is O=C(c1ccc(Br)cc1)C1C2C(=O)N(c3ccc4c(c3)OCCO4)C(=O)C2C2C=Cc3ccc(Cl)cc3N21. The van der Waals surface area contributed by atoms with Crippen molar-refractivity contribution in [3.63, 3.8) is 0 Å². The second kappa shape index (κ2) is 8.71. The van der Waals surface area contributed by atoms with Crippen LogP contribution in [0.15, 0.2) is 71.2 Å². The molecule has 0 bridgehead atoms. The Morgan fingerprint density at radius 3 is 2.42 bits per heavy atom. The molecule has 4 aliphatic heterocycles. The molecule has 38 heavy (non-hydrogen) atoms. The number of hydrogen-bond donors (Lipinski definition) is 0. The number of ether oxygens (including phenoxy) is 2. The van der Waals surface area contributed by atoms with Crippen LogP contribution in [0.5, 0.6) is 11.5 Å². The minimum absolute atomic E-state index is 0.221. The van der Waals surface area contributed by atoms with E-state index in [0.717, 1.165) is 15.7 Å². The quantitative estimate of drug-likeness (QED) is 0.310. The number of Topliss-reactive ketones (excluding diaryl/α,β-unsaturated/α-hetero) is 1. The summed E-state index contributed by atoms with van der Waals surface area (Å²) in [6, 6.07) is 16.2. The number of imide groups is 1. The molecule has 2 fully saturated rings. The van der Waals surface area contributed by atoms with Gasteiger partial charge in [0.1, 0.15) is 19.3 Å². The standard InChI is InChI=1S/C29H20BrClN2O5/c30-17-5-1-16(2-6-17)27(34)26-25-24(20-9-4-15-3-7-18(31)13-21(15)33(20)26)28(35)32(29(25)36)19-8-10-22-23(14-19)38-12-11-37-22/h1-10,13-14,20,24-26H,11-12H2. The summed E-state index contributed by atoms with van der Waals surface area (Å²) in [5.74, 6) is -1.52. The van der Waals surface area contributed by atoms with Crippen molar-refractivity contribution in [3.05, 3.63) is 87.4 Å². The second-order valence-electron chi connectivity index (χ2n) is 9.67. The molecule has 3 aromatic carbocycles. The van der Waals surface area contributed by atoms with Crippen LogP contribution in [0.2, 0.25) is 5.02 Å². The third kappa shape index (κ3) is 3.43. The highest BCUT2D eigenvalue weighted by Gasteiger charge is 2.64. The maximum absolute atomic E-state index is 14.1. The number of ketones is 1. The molecule has 7 nitrogen and oxygen atoms in total. The predicted octanol–water partition coefficient (Wildman–Crippen LogP) is 5.15. The van der Waals surface area contributed by atoms with Gasteiger partial charge in [-0.1, -0.05) is 57.9 Å². The van der Waals surface area contributed by atoms with Gasteiger partial charge in [0.2, 0.25) is 11.8 Å². The molecule has 7 rings (SSSR count). The van der Waals surface area contributed by atoms with E-state index >= 15 is 0 Å². The lowest BCUT2D eigenvalue weighted by molar-refractivity contribution is -0.122. The highest BCUT2D eigenvalue weighted by atomic mass is 79.9. The summed E-state index contributed by atoms with van der Waals surface area (Å²) >= 11 is 9.78.